The molecule has 1 N–H and O–H groups in total. The molecule has 0 fully saturated rings. The van der Waals surface area contributed by atoms with Crippen LogP contribution < -0.4 is 29.0 Å². The number of ether oxygens (including phenoxy) is 5. The van der Waals surface area contributed by atoms with Crippen LogP contribution >= 0.6 is 0 Å². The number of hydrogen-bond acceptors (Lipinski definition) is 6. The van der Waals surface area contributed by atoms with Gasteiger partial charge in [-0.05, 0) is 47.4 Å². The van der Waals surface area contributed by atoms with Crippen molar-refractivity contribution in [2.24, 2.45) is 0 Å². The molecule has 6 nitrogen and oxygen atoms in total. The van der Waals surface area contributed by atoms with Crippen LogP contribution in [0.4, 0.5) is 0 Å². The van der Waals surface area contributed by atoms with Gasteiger partial charge in [0.1, 0.15) is 13.2 Å². The molecule has 0 amide bonds. The van der Waals surface area contributed by atoms with E-state index in [2.05, 4.69) is 17.4 Å². The van der Waals surface area contributed by atoms with E-state index in [1.54, 1.807) is 21.3 Å². The van der Waals surface area contributed by atoms with E-state index in [1.165, 1.54) is 11.1 Å². The molecule has 0 aliphatic carbocycles. The summed E-state index contributed by atoms with van der Waals surface area (Å²) < 4.78 is 28.0. The lowest BCUT2D eigenvalue weighted by Crippen LogP contribution is -2.31. The molecule has 0 bridgehead atoms. The Bertz CT molecular complexity index is 795. The minimum atomic E-state index is 0.0169. The first-order valence-electron chi connectivity index (χ1n) is 8.71. The van der Waals surface area contributed by atoms with Gasteiger partial charge < -0.3 is 29.0 Å². The summed E-state index contributed by atoms with van der Waals surface area (Å²) in [5, 5.41) is 3.59. The Morgan fingerprint density at radius 3 is 2.15 bits per heavy atom. The van der Waals surface area contributed by atoms with E-state index in [-0.39, 0.29) is 6.04 Å². The predicted octanol–water partition coefficient (Wildman–Crippen LogP) is 2.72. The highest BCUT2D eigenvalue weighted by Crippen LogP contribution is 2.43. The van der Waals surface area contributed by atoms with E-state index in [9.17, 15) is 0 Å². The second kappa shape index (κ2) is 6.96. The number of rotatable bonds is 4. The SMILES string of the molecule is COc1cc(C2NCCc3cc4c(cc32)OCCO4)cc(OC)c1OC. The maximum atomic E-state index is 5.78. The molecule has 0 saturated carbocycles. The molecule has 26 heavy (non-hydrogen) atoms. The van der Waals surface area contributed by atoms with Gasteiger partial charge in [-0.2, -0.15) is 0 Å². The maximum Gasteiger partial charge on any atom is 0.203 e. The summed E-state index contributed by atoms with van der Waals surface area (Å²) in [5.74, 6) is 3.52. The molecule has 2 aromatic carbocycles. The number of benzene rings is 2. The average molecular weight is 357 g/mol. The lowest BCUT2D eigenvalue weighted by Gasteiger charge is -2.30. The highest BCUT2D eigenvalue weighted by Gasteiger charge is 2.27. The first-order chi connectivity index (χ1) is 12.7. The van der Waals surface area contributed by atoms with Crippen LogP contribution in [0.15, 0.2) is 24.3 Å². The third-order valence-electron chi connectivity index (χ3n) is 4.88. The van der Waals surface area contributed by atoms with Crippen LogP contribution in [0, 0.1) is 0 Å². The maximum absolute atomic E-state index is 5.78. The Morgan fingerprint density at radius 1 is 0.885 bits per heavy atom. The summed E-state index contributed by atoms with van der Waals surface area (Å²) >= 11 is 0. The molecule has 2 aliphatic heterocycles. The lowest BCUT2D eigenvalue weighted by atomic mass is 9.89. The Hall–Kier alpha value is -2.60. The van der Waals surface area contributed by atoms with Gasteiger partial charge in [-0.15, -0.1) is 0 Å². The van der Waals surface area contributed by atoms with Gasteiger partial charge in [-0.3, -0.25) is 0 Å². The topological polar surface area (TPSA) is 58.2 Å². The third kappa shape index (κ3) is 2.80. The zero-order valence-corrected chi connectivity index (χ0v) is 15.3. The van der Waals surface area contributed by atoms with Crippen molar-refractivity contribution >= 4 is 0 Å². The summed E-state index contributed by atoms with van der Waals surface area (Å²) in [5.41, 5.74) is 3.51. The van der Waals surface area contributed by atoms with Crippen molar-refractivity contribution in [1.29, 1.82) is 0 Å². The minimum absolute atomic E-state index is 0.0169. The van der Waals surface area contributed by atoms with Gasteiger partial charge in [0.05, 0.1) is 27.4 Å². The second-order valence-corrected chi connectivity index (χ2v) is 6.29. The first-order valence-corrected chi connectivity index (χ1v) is 8.71. The lowest BCUT2D eigenvalue weighted by molar-refractivity contribution is 0.171. The van der Waals surface area contributed by atoms with Crippen molar-refractivity contribution in [2.45, 2.75) is 12.5 Å². The van der Waals surface area contributed by atoms with Gasteiger partial charge in [0.2, 0.25) is 5.75 Å². The fraction of sp³-hybridized carbons (Fsp3) is 0.400. The van der Waals surface area contributed by atoms with E-state index in [0.717, 1.165) is 30.0 Å². The van der Waals surface area contributed by atoms with E-state index < -0.39 is 0 Å². The van der Waals surface area contributed by atoms with Crippen LogP contribution in [0.5, 0.6) is 28.7 Å². The Morgan fingerprint density at radius 2 is 1.54 bits per heavy atom. The van der Waals surface area contributed by atoms with Gasteiger partial charge >= 0.3 is 0 Å². The summed E-state index contributed by atoms with van der Waals surface area (Å²) in [6, 6.07) is 8.19. The second-order valence-electron chi connectivity index (χ2n) is 6.29. The normalized spacial score (nSPS) is 18.0. The molecule has 1 unspecified atom stereocenters. The summed E-state index contributed by atoms with van der Waals surface area (Å²) in [7, 11) is 4.87. The highest BCUT2D eigenvalue weighted by molar-refractivity contribution is 5.57. The molecule has 4 rings (SSSR count). The zero-order valence-electron chi connectivity index (χ0n) is 15.3. The molecule has 0 spiro atoms. The monoisotopic (exact) mass is 357 g/mol. The molecule has 2 heterocycles. The summed E-state index contributed by atoms with van der Waals surface area (Å²) in [6.07, 6.45) is 0.951. The van der Waals surface area contributed by atoms with Crippen molar-refractivity contribution in [3.8, 4) is 28.7 Å². The number of nitrogens with one attached hydrogen (secondary N) is 1. The van der Waals surface area contributed by atoms with E-state index >= 15 is 0 Å². The smallest absolute Gasteiger partial charge is 0.203 e. The van der Waals surface area contributed by atoms with Crippen LogP contribution in [0.25, 0.3) is 0 Å². The number of fused-ring (bicyclic) bond motifs is 2. The fourth-order valence-electron chi connectivity index (χ4n) is 3.66. The van der Waals surface area contributed by atoms with E-state index in [1.807, 2.05) is 12.1 Å². The molecule has 2 aliphatic rings. The van der Waals surface area contributed by atoms with E-state index in [0.29, 0.717) is 30.5 Å². The van der Waals surface area contributed by atoms with Crippen molar-refractivity contribution in [3.63, 3.8) is 0 Å². The van der Waals surface area contributed by atoms with Crippen molar-refractivity contribution in [1.82, 2.24) is 5.32 Å². The van der Waals surface area contributed by atoms with Crippen molar-refractivity contribution < 1.29 is 23.7 Å². The number of methoxy groups -OCH3 is 3. The molecule has 138 valence electrons. The van der Waals surface area contributed by atoms with Crippen LogP contribution in [-0.2, 0) is 6.42 Å². The molecular formula is C20H23NO5. The Labute approximate surface area is 153 Å². The molecule has 6 heteroatoms. The minimum Gasteiger partial charge on any atom is -0.493 e. The van der Waals surface area contributed by atoms with Gasteiger partial charge in [-0.25, -0.2) is 0 Å². The van der Waals surface area contributed by atoms with Crippen molar-refractivity contribution in [2.75, 3.05) is 41.1 Å². The fourth-order valence-corrected chi connectivity index (χ4v) is 3.66. The van der Waals surface area contributed by atoms with Crippen LogP contribution in [-0.4, -0.2) is 41.1 Å². The molecule has 0 radical (unpaired) electrons. The summed E-state index contributed by atoms with van der Waals surface area (Å²) in [4.78, 5) is 0. The Kier molecular flexibility index (Phi) is 4.51. The standard InChI is InChI=1S/C20H23NO5/c1-22-17-9-13(10-18(23-2)20(17)24-3)19-14-11-16-15(25-6-7-26-16)8-12(14)4-5-21-19/h8-11,19,21H,4-7H2,1-3H3. The quantitative estimate of drug-likeness (QED) is 0.908. The average Bonchev–Trinajstić information content (AvgIpc) is 2.70. The van der Waals surface area contributed by atoms with E-state index in [4.69, 9.17) is 23.7 Å². The van der Waals surface area contributed by atoms with Gasteiger partial charge in [-0.1, -0.05) is 0 Å². The van der Waals surface area contributed by atoms with Gasteiger partial charge in [0.25, 0.3) is 0 Å². The van der Waals surface area contributed by atoms with Crippen molar-refractivity contribution in [3.05, 3.63) is 41.0 Å². The predicted molar refractivity (Wildman–Crippen MR) is 97.1 cm³/mol. The molecule has 0 saturated heterocycles. The number of hydrogen-bond donors (Lipinski definition) is 1. The van der Waals surface area contributed by atoms with Crippen LogP contribution in [0.2, 0.25) is 0 Å². The molecule has 1 atom stereocenters. The molecule has 0 aromatic heterocycles. The van der Waals surface area contributed by atoms with Gasteiger partial charge in [0, 0.05) is 6.54 Å². The van der Waals surface area contributed by atoms with Crippen LogP contribution in [0.3, 0.4) is 0 Å². The Balaban J connectivity index is 1.80. The first kappa shape index (κ1) is 16.8. The summed E-state index contributed by atoms with van der Waals surface area (Å²) in [6.45, 7) is 2.06. The van der Waals surface area contributed by atoms with Crippen LogP contribution in [0.1, 0.15) is 22.7 Å². The van der Waals surface area contributed by atoms with Gasteiger partial charge in [0.15, 0.2) is 23.0 Å². The third-order valence-corrected chi connectivity index (χ3v) is 4.88. The largest absolute Gasteiger partial charge is 0.493 e. The molecule has 2 aromatic rings. The highest BCUT2D eigenvalue weighted by atomic mass is 16.6. The molecular weight excluding hydrogens is 334 g/mol. The zero-order chi connectivity index (χ0) is 18.1.